The lowest BCUT2D eigenvalue weighted by Gasteiger charge is -2.41. The molecule has 0 aliphatic carbocycles. The molecule has 0 saturated heterocycles. The van der Waals surface area contributed by atoms with Gasteiger partial charge in [0, 0.05) is 11.6 Å². The fourth-order valence-electron chi connectivity index (χ4n) is 3.58. The molecule has 1 heterocycles. The molecule has 0 fully saturated rings. The summed E-state index contributed by atoms with van der Waals surface area (Å²) < 4.78 is 32.7. The molecule has 0 bridgehead atoms. The molecule has 1 aliphatic heterocycles. The van der Waals surface area contributed by atoms with Crippen molar-refractivity contribution in [2.45, 2.75) is 43.4 Å². The van der Waals surface area contributed by atoms with E-state index in [1.807, 2.05) is 0 Å². The third-order valence-electron chi connectivity index (χ3n) is 4.72. The van der Waals surface area contributed by atoms with Gasteiger partial charge in [-0.25, -0.2) is 8.42 Å². The molecular formula is C19H23NO5S. The summed E-state index contributed by atoms with van der Waals surface area (Å²) in [5, 5.41) is 21.3. The van der Waals surface area contributed by atoms with Crippen molar-refractivity contribution in [3.05, 3.63) is 53.6 Å². The van der Waals surface area contributed by atoms with Crippen LogP contribution in [0.25, 0.3) is 0 Å². The number of aromatic hydroxyl groups is 1. The second-order valence-electron chi connectivity index (χ2n) is 6.65. The maximum atomic E-state index is 13.1. The van der Waals surface area contributed by atoms with Crippen LogP contribution in [0.15, 0.2) is 47.4 Å². The molecule has 1 aliphatic rings. The summed E-state index contributed by atoms with van der Waals surface area (Å²) in [6.07, 6.45) is -0.835. The van der Waals surface area contributed by atoms with E-state index in [0.717, 1.165) is 0 Å². The van der Waals surface area contributed by atoms with E-state index in [9.17, 15) is 18.6 Å². The predicted molar refractivity (Wildman–Crippen MR) is 97.7 cm³/mol. The van der Waals surface area contributed by atoms with E-state index in [-0.39, 0.29) is 23.1 Å². The maximum absolute atomic E-state index is 13.1. The van der Waals surface area contributed by atoms with Crippen molar-refractivity contribution in [3.63, 3.8) is 0 Å². The number of fused-ring (bicyclic) bond motifs is 1. The van der Waals surface area contributed by atoms with Gasteiger partial charge >= 0.3 is 0 Å². The lowest BCUT2D eigenvalue weighted by molar-refractivity contribution is 0.0681. The van der Waals surface area contributed by atoms with Crippen molar-refractivity contribution in [3.8, 4) is 11.5 Å². The molecule has 0 amide bonds. The van der Waals surface area contributed by atoms with Gasteiger partial charge in [0.15, 0.2) is 11.5 Å². The van der Waals surface area contributed by atoms with Crippen molar-refractivity contribution in [2.75, 3.05) is 7.11 Å². The Morgan fingerprint density at radius 3 is 2.50 bits per heavy atom. The van der Waals surface area contributed by atoms with Crippen molar-refractivity contribution in [1.29, 1.82) is 0 Å². The number of benzene rings is 2. The van der Waals surface area contributed by atoms with Gasteiger partial charge in [-0.3, -0.25) is 0 Å². The molecule has 26 heavy (non-hydrogen) atoms. The molecule has 0 spiro atoms. The van der Waals surface area contributed by atoms with E-state index >= 15 is 0 Å². The van der Waals surface area contributed by atoms with E-state index < -0.39 is 22.2 Å². The molecule has 2 atom stereocenters. The highest BCUT2D eigenvalue weighted by Gasteiger charge is 2.45. The number of aliphatic hydroxyl groups is 1. The van der Waals surface area contributed by atoms with Gasteiger partial charge in [0.1, 0.15) is 0 Å². The first-order chi connectivity index (χ1) is 12.3. The molecule has 2 N–H and O–H groups in total. The van der Waals surface area contributed by atoms with Gasteiger partial charge < -0.3 is 14.9 Å². The number of hydrogen-bond donors (Lipinski definition) is 2. The van der Waals surface area contributed by atoms with Crippen LogP contribution in [-0.2, 0) is 16.4 Å². The number of sulfonamides is 1. The molecule has 0 aromatic heterocycles. The highest BCUT2D eigenvalue weighted by molar-refractivity contribution is 7.89. The van der Waals surface area contributed by atoms with E-state index in [2.05, 4.69) is 0 Å². The Hall–Kier alpha value is -2.09. The van der Waals surface area contributed by atoms with E-state index in [4.69, 9.17) is 4.74 Å². The Kier molecular flexibility index (Phi) is 4.96. The smallest absolute Gasteiger partial charge is 0.244 e. The average molecular weight is 377 g/mol. The first-order valence-electron chi connectivity index (χ1n) is 8.44. The van der Waals surface area contributed by atoms with Crippen LogP contribution in [0.1, 0.15) is 31.1 Å². The summed E-state index contributed by atoms with van der Waals surface area (Å²) in [4.78, 5) is 0.132. The number of para-hydroxylation sites is 1. The van der Waals surface area contributed by atoms with Gasteiger partial charge in [-0.05, 0) is 38.0 Å². The number of rotatable bonds is 4. The fourth-order valence-corrected chi connectivity index (χ4v) is 5.65. The van der Waals surface area contributed by atoms with Crippen LogP contribution < -0.4 is 4.74 Å². The van der Waals surface area contributed by atoms with Crippen LogP contribution in [0.2, 0.25) is 0 Å². The number of aliphatic hydroxyl groups excluding tert-OH is 1. The van der Waals surface area contributed by atoms with Gasteiger partial charge in [-0.2, -0.15) is 4.31 Å². The van der Waals surface area contributed by atoms with Crippen LogP contribution >= 0.6 is 0 Å². The monoisotopic (exact) mass is 377 g/mol. The minimum absolute atomic E-state index is 0.0397. The zero-order valence-electron chi connectivity index (χ0n) is 15.0. The Balaban J connectivity index is 2.11. The second-order valence-corrected chi connectivity index (χ2v) is 8.46. The molecule has 6 nitrogen and oxygen atoms in total. The van der Waals surface area contributed by atoms with Gasteiger partial charge in [0.25, 0.3) is 0 Å². The van der Waals surface area contributed by atoms with Crippen molar-refractivity contribution >= 4 is 10.0 Å². The third kappa shape index (κ3) is 2.96. The minimum Gasteiger partial charge on any atom is -0.504 e. The predicted octanol–water partition coefficient (Wildman–Crippen LogP) is 2.46. The lowest BCUT2D eigenvalue weighted by atomic mass is 9.94. The summed E-state index contributed by atoms with van der Waals surface area (Å²) in [6.45, 7) is 3.55. The van der Waals surface area contributed by atoms with Crippen LogP contribution in [-0.4, -0.2) is 42.1 Å². The highest BCUT2D eigenvalue weighted by atomic mass is 32.2. The Labute approximate surface area is 153 Å². The number of ether oxygens (including phenoxy) is 1. The van der Waals surface area contributed by atoms with Crippen LogP contribution in [0.4, 0.5) is 0 Å². The first kappa shape index (κ1) is 18.7. The SMILES string of the molecule is COc1cccc(C[C@@H]2[C@@H](O)c3ccccc3S(=O)(=O)N2C(C)C)c1O. The van der Waals surface area contributed by atoms with E-state index in [1.54, 1.807) is 50.2 Å². The molecule has 2 aromatic rings. The Morgan fingerprint density at radius 2 is 1.85 bits per heavy atom. The van der Waals surface area contributed by atoms with Gasteiger partial charge in [-0.15, -0.1) is 0 Å². The normalized spacial score (nSPS) is 22.2. The molecule has 140 valence electrons. The Bertz CT molecular complexity index is 910. The number of phenolic OH excluding ortho intramolecular Hbond substituents is 1. The highest BCUT2D eigenvalue weighted by Crippen LogP contribution is 2.41. The molecule has 0 unspecified atom stereocenters. The molecule has 7 heteroatoms. The number of nitrogens with zero attached hydrogens (tertiary/aromatic N) is 1. The quantitative estimate of drug-likeness (QED) is 0.855. The summed E-state index contributed by atoms with van der Waals surface area (Å²) in [5.74, 6) is 0.273. The summed E-state index contributed by atoms with van der Waals surface area (Å²) >= 11 is 0. The molecule has 0 radical (unpaired) electrons. The summed E-state index contributed by atoms with van der Waals surface area (Å²) in [5.41, 5.74) is 0.908. The maximum Gasteiger partial charge on any atom is 0.244 e. The van der Waals surface area contributed by atoms with Crippen molar-refractivity contribution in [2.24, 2.45) is 0 Å². The fraction of sp³-hybridized carbons (Fsp3) is 0.368. The minimum atomic E-state index is -3.75. The largest absolute Gasteiger partial charge is 0.504 e. The third-order valence-corrected chi connectivity index (χ3v) is 6.90. The van der Waals surface area contributed by atoms with Crippen molar-refractivity contribution in [1.82, 2.24) is 4.31 Å². The van der Waals surface area contributed by atoms with Crippen molar-refractivity contribution < 1.29 is 23.4 Å². The second kappa shape index (κ2) is 6.90. The summed E-state index contributed by atoms with van der Waals surface area (Å²) in [7, 11) is -2.30. The molecule has 2 aromatic carbocycles. The molecule has 3 rings (SSSR count). The zero-order chi connectivity index (χ0) is 19.1. The van der Waals surface area contributed by atoms with Crippen LogP contribution in [0, 0.1) is 0 Å². The lowest BCUT2D eigenvalue weighted by Crippen LogP contribution is -2.52. The molecule has 0 saturated carbocycles. The first-order valence-corrected chi connectivity index (χ1v) is 9.88. The van der Waals surface area contributed by atoms with Gasteiger partial charge in [0.2, 0.25) is 10.0 Å². The van der Waals surface area contributed by atoms with E-state index in [1.165, 1.54) is 17.5 Å². The average Bonchev–Trinajstić information content (AvgIpc) is 2.60. The standard InChI is InChI=1S/C19H23NO5S/c1-12(2)20-15(11-13-7-6-9-16(25-3)18(13)21)19(22)14-8-4-5-10-17(14)26(20,23)24/h4-10,12,15,19,21-22H,11H2,1-3H3/t15-,19+/m1/s1. The van der Waals surface area contributed by atoms with E-state index in [0.29, 0.717) is 16.9 Å². The van der Waals surface area contributed by atoms with Crippen LogP contribution in [0.3, 0.4) is 0 Å². The van der Waals surface area contributed by atoms with Crippen LogP contribution in [0.5, 0.6) is 11.5 Å². The summed E-state index contributed by atoms with van der Waals surface area (Å²) in [6, 6.07) is 10.5. The van der Waals surface area contributed by atoms with Gasteiger partial charge in [-0.1, -0.05) is 30.3 Å². The number of hydrogen-bond acceptors (Lipinski definition) is 5. The number of phenols is 1. The Morgan fingerprint density at radius 1 is 1.15 bits per heavy atom. The molecular weight excluding hydrogens is 354 g/mol. The number of methoxy groups -OCH3 is 1. The zero-order valence-corrected chi connectivity index (χ0v) is 15.8. The van der Waals surface area contributed by atoms with Gasteiger partial charge in [0.05, 0.1) is 24.2 Å². The topological polar surface area (TPSA) is 87.1 Å².